The van der Waals surface area contributed by atoms with Crippen molar-refractivity contribution >= 4 is 32.0 Å². The molecule has 0 bridgehead atoms. The van der Waals surface area contributed by atoms with Crippen LogP contribution in [0.5, 0.6) is 0 Å². The SMILES string of the molecule is CC1(C)OI(C(F)(F)C(F)(F)Sc2ccccc2)c2ccccc21. The van der Waals surface area contributed by atoms with Crippen molar-refractivity contribution in [2.45, 2.75) is 33.5 Å². The number of hydrogen-bond acceptors (Lipinski definition) is 2. The summed E-state index contributed by atoms with van der Waals surface area (Å²) in [5.41, 5.74) is -0.395. The minimum atomic E-state index is -4.24. The molecule has 1 aliphatic rings. The second kappa shape index (κ2) is 6.17. The second-order valence-corrected chi connectivity index (χ2v) is 11.3. The summed E-state index contributed by atoms with van der Waals surface area (Å²) in [5, 5.41) is -4.24. The molecule has 3 rings (SSSR count). The molecule has 0 N–H and O–H groups in total. The van der Waals surface area contributed by atoms with E-state index >= 15 is 0 Å². The third-order valence-electron chi connectivity index (χ3n) is 3.51. The molecule has 0 unspecified atom stereocenters. The molecule has 2 aromatic rings. The van der Waals surface area contributed by atoms with E-state index in [1.165, 1.54) is 18.2 Å². The van der Waals surface area contributed by atoms with E-state index in [1.807, 2.05) is 0 Å². The third kappa shape index (κ3) is 3.06. The molecule has 0 fully saturated rings. The van der Waals surface area contributed by atoms with Crippen LogP contribution < -0.4 is 0 Å². The van der Waals surface area contributed by atoms with E-state index in [2.05, 4.69) is 0 Å². The van der Waals surface area contributed by atoms with Crippen molar-refractivity contribution in [2.75, 3.05) is 0 Å². The molecular weight excluding hydrogens is 455 g/mol. The Morgan fingerprint density at radius 2 is 1.50 bits per heavy atom. The van der Waals surface area contributed by atoms with Gasteiger partial charge in [0.15, 0.2) is 0 Å². The Balaban J connectivity index is 1.96. The number of alkyl halides is 5. The van der Waals surface area contributed by atoms with Gasteiger partial charge in [-0.15, -0.1) is 0 Å². The number of thioether (sulfide) groups is 1. The number of benzene rings is 2. The van der Waals surface area contributed by atoms with Crippen LogP contribution in [-0.4, -0.2) is 9.18 Å². The molecule has 0 spiro atoms. The summed E-state index contributed by atoms with van der Waals surface area (Å²) in [5.74, 6) is 0. The zero-order valence-corrected chi connectivity index (χ0v) is 15.9. The molecule has 0 aliphatic carbocycles. The van der Waals surface area contributed by atoms with E-state index in [-0.39, 0.29) is 20.2 Å². The second-order valence-electron chi connectivity index (χ2n) is 5.75. The summed E-state index contributed by atoms with van der Waals surface area (Å²) in [4.78, 5) is 0.102. The zero-order valence-electron chi connectivity index (χ0n) is 12.9. The van der Waals surface area contributed by atoms with Gasteiger partial charge in [-0.1, -0.05) is 0 Å². The molecule has 24 heavy (non-hydrogen) atoms. The summed E-state index contributed by atoms with van der Waals surface area (Å²) in [7, 11) is 0. The van der Waals surface area contributed by atoms with Crippen molar-refractivity contribution in [3.63, 3.8) is 0 Å². The van der Waals surface area contributed by atoms with E-state index in [0.717, 1.165) is 0 Å². The molecular formula is C17H15F4IOS. The Bertz CT molecular complexity index is 736. The van der Waals surface area contributed by atoms with Gasteiger partial charge < -0.3 is 0 Å². The van der Waals surface area contributed by atoms with Gasteiger partial charge in [-0.2, -0.15) is 0 Å². The van der Waals surface area contributed by atoms with Gasteiger partial charge in [0.1, 0.15) is 0 Å². The zero-order chi connectivity index (χ0) is 17.6. The van der Waals surface area contributed by atoms with Gasteiger partial charge >= 0.3 is 150 Å². The van der Waals surface area contributed by atoms with E-state index in [1.54, 1.807) is 50.2 Å². The summed E-state index contributed by atoms with van der Waals surface area (Å²) in [6.07, 6.45) is 0. The fourth-order valence-electron chi connectivity index (χ4n) is 2.35. The summed E-state index contributed by atoms with van der Waals surface area (Å²) in [6, 6.07) is 14.0. The average molecular weight is 470 g/mol. The Morgan fingerprint density at radius 3 is 2.17 bits per heavy atom. The molecule has 1 nitrogen and oxygen atoms in total. The quantitative estimate of drug-likeness (QED) is 0.218. The first-order valence-electron chi connectivity index (χ1n) is 7.14. The third-order valence-corrected chi connectivity index (χ3v) is 10.3. The summed E-state index contributed by atoms with van der Waals surface area (Å²) in [6.45, 7) is 3.28. The fraction of sp³-hybridized carbons (Fsp3) is 0.294. The van der Waals surface area contributed by atoms with Gasteiger partial charge in [-0.3, -0.25) is 0 Å². The predicted molar refractivity (Wildman–Crippen MR) is 95.5 cm³/mol. The van der Waals surface area contributed by atoms with E-state index in [9.17, 15) is 17.6 Å². The van der Waals surface area contributed by atoms with Gasteiger partial charge in [0, 0.05) is 0 Å². The molecule has 130 valence electrons. The van der Waals surface area contributed by atoms with E-state index in [0.29, 0.717) is 5.56 Å². The molecule has 0 saturated heterocycles. The van der Waals surface area contributed by atoms with Crippen LogP contribution in [0.1, 0.15) is 19.4 Å². The van der Waals surface area contributed by atoms with Crippen molar-refractivity contribution in [3.05, 3.63) is 63.7 Å². The number of hydrogen-bond donors (Lipinski definition) is 0. The van der Waals surface area contributed by atoms with Gasteiger partial charge in [0.05, 0.1) is 0 Å². The summed E-state index contributed by atoms with van der Waals surface area (Å²) >= 11 is -4.01. The first-order chi connectivity index (χ1) is 11.2. The van der Waals surface area contributed by atoms with Crippen LogP contribution in [0.4, 0.5) is 17.6 Å². The Kier molecular flexibility index (Phi) is 4.63. The van der Waals surface area contributed by atoms with E-state index in [4.69, 9.17) is 3.07 Å². The molecule has 0 atom stereocenters. The molecule has 1 aliphatic heterocycles. The molecule has 0 radical (unpaired) electrons. The van der Waals surface area contributed by atoms with Crippen molar-refractivity contribution in [1.29, 1.82) is 0 Å². The predicted octanol–water partition coefficient (Wildman–Crippen LogP) is 6.52. The molecule has 1 heterocycles. The standard InChI is InChI=1S/C17H15F4IOS/c1-15(2)13-10-6-7-11-14(13)22(23-15)16(18,19)17(20,21)24-12-8-4-3-5-9-12/h3-11H,1-2H3. The van der Waals surface area contributed by atoms with Crippen LogP contribution in [0.3, 0.4) is 0 Å². The van der Waals surface area contributed by atoms with Crippen LogP contribution in [0, 0.1) is 3.57 Å². The minimum absolute atomic E-state index is 0.102. The van der Waals surface area contributed by atoms with Gasteiger partial charge in [-0.05, 0) is 0 Å². The normalized spacial score (nSPS) is 18.5. The molecule has 0 amide bonds. The van der Waals surface area contributed by atoms with Gasteiger partial charge in [0.25, 0.3) is 0 Å². The topological polar surface area (TPSA) is 9.23 Å². The molecule has 0 aromatic heterocycles. The Hall–Kier alpha value is -0.800. The van der Waals surface area contributed by atoms with E-state index < -0.39 is 35.0 Å². The van der Waals surface area contributed by atoms with Crippen LogP contribution >= 0.6 is 32.0 Å². The van der Waals surface area contributed by atoms with Gasteiger partial charge in [0.2, 0.25) is 0 Å². The first-order valence-corrected chi connectivity index (χ1v) is 11.0. The monoisotopic (exact) mass is 470 g/mol. The van der Waals surface area contributed by atoms with Crippen molar-refractivity contribution < 1.29 is 20.6 Å². The molecule has 2 aromatic carbocycles. The van der Waals surface area contributed by atoms with Gasteiger partial charge in [-0.25, -0.2) is 0 Å². The van der Waals surface area contributed by atoms with Crippen LogP contribution in [0.15, 0.2) is 59.5 Å². The average Bonchev–Trinajstić information content (AvgIpc) is 2.80. The summed E-state index contributed by atoms with van der Waals surface area (Å²) < 4.78 is 60.1. The maximum atomic E-state index is 14.8. The Morgan fingerprint density at radius 1 is 0.917 bits per heavy atom. The molecule has 7 heteroatoms. The fourth-order valence-corrected chi connectivity index (χ4v) is 8.89. The van der Waals surface area contributed by atoms with Crippen molar-refractivity contribution in [1.82, 2.24) is 0 Å². The Labute approximate surface area is 149 Å². The number of fused-ring (bicyclic) bond motifs is 1. The van der Waals surface area contributed by atoms with Crippen molar-refractivity contribution in [3.8, 4) is 0 Å². The van der Waals surface area contributed by atoms with Crippen LogP contribution in [0.2, 0.25) is 0 Å². The number of halogens is 5. The first kappa shape index (κ1) is 18.0. The number of rotatable bonds is 4. The van der Waals surface area contributed by atoms with Crippen LogP contribution in [-0.2, 0) is 8.67 Å². The van der Waals surface area contributed by atoms with Crippen LogP contribution in [0.25, 0.3) is 0 Å². The van der Waals surface area contributed by atoms with Crippen molar-refractivity contribution in [2.24, 2.45) is 0 Å². The maximum absolute atomic E-state index is 14.8. The molecule has 0 saturated carbocycles.